The second-order valence-electron chi connectivity index (χ2n) is 2.44. The molecule has 0 heterocycles. The lowest BCUT2D eigenvalue weighted by molar-refractivity contribution is -0.0504. The van der Waals surface area contributed by atoms with Crippen LogP contribution in [-0.4, -0.2) is 6.61 Å². The Balaban J connectivity index is 3.05. The van der Waals surface area contributed by atoms with Crippen molar-refractivity contribution in [2.24, 2.45) is 0 Å². The van der Waals surface area contributed by atoms with Gasteiger partial charge in [0.05, 0.1) is 4.47 Å². The summed E-state index contributed by atoms with van der Waals surface area (Å²) in [5.74, 6) is 0.141. The van der Waals surface area contributed by atoms with E-state index in [1.165, 1.54) is 0 Å². The molecule has 0 atom stereocenters. The quantitative estimate of drug-likeness (QED) is 0.797. The zero-order valence-electron chi connectivity index (χ0n) is 6.65. The monoisotopic (exact) mass is 314 g/mol. The highest BCUT2D eigenvalue weighted by Crippen LogP contribution is 2.34. The van der Waals surface area contributed by atoms with Crippen molar-refractivity contribution in [1.29, 1.82) is 0 Å². The molecule has 0 radical (unpaired) electrons. The Morgan fingerprint density at radius 1 is 1.31 bits per heavy atom. The highest BCUT2D eigenvalue weighted by atomic mass is 79.9. The summed E-state index contributed by atoms with van der Waals surface area (Å²) >= 11 is 6.35. The van der Waals surface area contributed by atoms with Gasteiger partial charge in [0.1, 0.15) is 5.75 Å². The second-order valence-corrected chi connectivity index (χ2v) is 4.08. The van der Waals surface area contributed by atoms with Crippen molar-refractivity contribution in [2.75, 3.05) is 0 Å². The van der Waals surface area contributed by atoms with Crippen molar-refractivity contribution in [3.63, 3.8) is 0 Å². The molecule has 1 aromatic rings. The maximum Gasteiger partial charge on any atom is 0.387 e. The zero-order valence-corrected chi connectivity index (χ0v) is 9.82. The van der Waals surface area contributed by atoms with Gasteiger partial charge in [0, 0.05) is 4.47 Å². The Morgan fingerprint density at radius 3 is 2.46 bits per heavy atom. The third-order valence-corrected chi connectivity index (χ3v) is 3.33. The molecule has 0 bridgehead atoms. The van der Waals surface area contributed by atoms with Gasteiger partial charge < -0.3 is 4.74 Å². The molecule has 0 aliphatic rings. The molecule has 0 saturated carbocycles. The molecular weight excluding hydrogens is 310 g/mol. The largest absolute Gasteiger partial charge is 0.434 e. The highest BCUT2D eigenvalue weighted by molar-refractivity contribution is 9.13. The summed E-state index contributed by atoms with van der Waals surface area (Å²) in [6.07, 6.45) is 0. The molecule has 0 amide bonds. The van der Waals surface area contributed by atoms with E-state index in [4.69, 9.17) is 0 Å². The lowest BCUT2D eigenvalue weighted by Crippen LogP contribution is -2.02. The molecule has 1 aromatic carbocycles. The van der Waals surface area contributed by atoms with Gasteiger partial charge in [0.15, 0.2) is 0 Å². The van der Waals surface area contributed by atoms with E-state index in [-0.39, 0.29) is 5.75 Å². The van der Waals surface area contributed by atoms with Crippen LogP contribution in [-0.2, 0) is 0 Å². The molecular formula is C8H6Br2F2O. The van der Waals surface area contributed by atoms with Crippen molar-refractivity contribution in [1.82, 2.24) is 0 Å². The van der Waals surface area contributed by atoms with Crippen LogP contribution in [0.15, 0.2) is 21.1 Å². The molecule has 1 nitrogen and oxygen atoms in total. The van der Waals surface area contributed by atoms with Crippen LogP contribution in [0.4, 0.5) is 8.78 Å². The number of halogens is 4. The Labute approximate surface area is 91.3 Å². The maximum atomic E-state index is 11.9. The van der Waals surface area contributed by atoms with Gasteiger partial charge in [0.25, 0.3) is 0 Å². The van der Waals surface area contributed by atoms with Crippen molar-refractivity contribution in [3.8, 4) is 5.75 Å². The highest BCUT2D eigenvalue weighted by Gasteiger charge is 2.10. The van der Waals surface area contributed by atoms with E-state index in [0.717, 1.165) is 5.56 Å². The van der Waals surface area contributed by atoms with Crippen LogP contribution >= 0.6 is 31.9 Å². The summed E-state index contributed by atoms with van der Waals surface area (Å²) in [4.78, 5) is 0. The number of alkyl halides is 2. The average Bonchev–Trinajstić information content (AvgIpc) is 1.98. The van der Waals surface area contributed by atoms with E-state index in [0.29, 0.717) is 8.95 Å². The number of benzene rings is 1. The predicted molar refractivity (Wildman–Crippen MR) is 53.2 cm³/mol. The van der Waals surface area contributed by atoms with E-state index in [9.17, 15) is 8.78 Å². The van der Waals surface area contributed by atoms with E-state index in [2.05, 4.69) is 36.6 Å². The van der Waals surface area contributed by atoms with Crippen LogP contribution in [0.1, 0.15) is 5.56 Å². The van der Waals surface area contributed by atoms with Crippen molar-refractivity contribution < 1.29 is 13.5 Å². The second kappa shape index (κ2) is 4.37. The van der Waals surface area contributed by atoms with Crippen LogP contribution in [0.25, 0.3) is 0 Å². The maximum absolute atomic E-state index is 11.9. The van der Waals surface area contributed by atoms with Gasteiger partial charge in [-0.05, 0) is 56.5 Å². The number of rotatable bonds is 2. The fraction of sp³-hybridized carbons (Fsp3) is 0.250. The van der Waals surface area contributed by atoms with Gasteiger partial charge in [-0.15, -0.1) is 0 Å². The third kappa shape index (κ3) is 2.91. The molecule has 0 unspecified atom stereocenters. The summed E-state index contributed by atoms with van der Waals surface area (Å²) < 4.78 is 29.3. The Hall–Kier alpha value is -0.160. The normalized spacial score (nSPS) is 10.6. The molecule has 0 saturated heterocycles. The summed E-state index contributed by atoms with van der Waals surface area (Å²) in [6, 6.07) is 3.35. The molecule has 0 aromatic heterocycles. The van der Waals surface area contributed by atoms with Crippen LogP contribution in [0.2, 0.25) is 0 Å². The molecule has 5 heteroatoms. The summed E-state index contributed by atoms with van der Waals surface area (Å²) in [7, 11) is 0. The van der Waals surface area contributed by atoms with Crippen LogP contribution < -0.4 is 4.74 Å². The number of hydrogen-bond donors (Lipinski definition) is 0. The van der Waals surface area contributed by atoms with Gasteiger partial charge in [-0.2, -0.15) is 8.78 Å². The first kappa shape index (κ1) is 10.9. The van der Waals surface area contributed by atoms with Crippen LogP contribution in [0.3, 0.4) is 0 Å². The number of ether oxygens (including phenoxy) is 1. The number of aryl methyl sites for hydroxylation is 1. The third-order valence-electron chi connectivity index (χ3n) is 1.36. The van der Waals surface area contributed by atoms with Crippen molar-refractivity contribution in [2.45, 2.75) is 13.5 Å². The SMILES string of the molecule is Cc1cc(Br)c(Br)c(OC(F)F)c1. The zero-order chi connectivity index (χ0) is 10.0. The van der Waals surface area contributed by atoms with Crippen molar-refractivity contribution >= 4 is 31.9 Å². The Bertz CT molecular complexity index is 315. The Morgan fingerprint density at radius 2 is 1.92 bits per heavy atom. The van der Waals surface area contributed by atoms with E-state index in [1.807, 2.05) is 6.07 Å². The summed E-state index contributed by atoms with van der Waals surface area (Å²) in [5.41, 5.74) is 0.853. The first-order chi connectivity index (χ1) is 6.00. The van der Waals surface area contributed by atoms with E-state index in [1.54, 1.807) is 13.0 Å². The molecule has 0 fully saturated rings. The topological polar surface area (TPSA) is 9.23 Å². The van der Waals surface area contributed by atoms with Crippen LogP contribution in [0, 0.1) is 6.92 Å². The molecule has 72 valence electrons. The number of hydrogen-bond acceptors (Lipinski definition) is 1. The van der Waals surface area contributed by atoms with E-state index >= 15 is 0 Å². The summed E-state index contributed by atoms with van der Waals surface area (Å²) in [6.45, 7) is -1.000. The molecule has 0 spiro atoms. The van der Waals surface area contributed by atoms with Gasteiger partial charge in [-0.1, -0.05) is 0 Å². The van der Waals surface area contributed by atoms with Gasteiger partial charge >= 0.3 is 6.61 Å². The molecule has 13 heavy (non-hydrogen) atoms. The minimum atomic E-state index is -2.80. The fourth-order valence-electron chi connectivity index (χ4n) is 0.874. The van der Waals surface area contributed by atoms with E-state index < -0.39 is 6.61 Å². The predicted octanol–water partition coefficient (Wildman–Crippen LogP) is 4.12. The van der Waals surface area contributed by atoms with Crippen LogP contribution in [0.5, 0.6) is 5.75 Å². The lowest BCUT2D eigenvalue weighted by atomic mass is 10.2. The van der Waals surface area contributed by atoms with Crippen molar-refractivity contribution in [3.05, 3.63) is 26.6 Å². The molecule has 0 aliphatic heterocycles. The lowest BCUT2D eigenvalue weighted by Gasteiger charge is -2.08. The first-order valence-corrected chi connectivity index (χ1v) is 4.99. The minimum absolute atomic E-state index is 0.141. The minimum Gasteiger partial charge on any atom is -0.434 e. The summed E-state index contributed by atoms with van der Waals surface area (Å²) in [5, 5.41) is 0. The molecule has 1 rings (SSSR count). The Kier molecular flexibility index (Phi) is 3.67. The molecule has 0 aliphatic carbocycles. The molecule has 0 N–H and O–H groups in total. The van der Waals surface area contributed by atoms with Gasteiger partial charge in [0.2, 0.25) is 0 Å². The standard InChI is InChI=1S/C8H6Br2F2O/c1-4-2-5(9)7(10)6(3-4)13-8(11)12/h2-3,8H,1H3. The smallest absolute Gasteiger partial charge is 0.387 e. The fourth-order valence-corrected chi connectivity index (χ4v) is 1.75. The van der Waals surface area contributed by atoms with Gasteiger partial charge in [-0.25, -0.2) is 0 Å². The van der Waals surface area contributed by atoms with Gasteiger partial charge in [-0.3, -0.25) is 0 Å². The first-order valence-electron chi connectivity index (χ1n) is 3.41. The average molecular weight is 316 g/mol.